The Kier molecular flexibility index (Phi) is 3.66. The predicted octanol–water partition coefficient (Wildman–Crippen LogP) is 3.59. The first-order valence-corrected chi connectivity index (χ1v) is 6.90. The predicted molar refractivity (Wildman–Crippen MR) is 81.8 cm³/mol. The third kappa shape index (κ3) is 2.48. The minimum Gasteiger partial charge on any atom is -0.311 e. The maximum atomic E-state index is 14.1. The van der Waals surface area contributed by atoms with Crippen molar-refractivity contribution in [2.24, 2.45) is 4.99 Å². The molecule has 1 unspecified atom stereocenters. The molecule has 1 atom stereocenters. The smallest absolute Gasteiger partial charge is 0.284 e. The number of benzene rings is 2. The van der Waals surface area contributed by atoms with E-state index in [4.69, 9.17) is 11.6 Å². The lowest BCUT2D eigenvalue weighted by atomic mass is 10.00. The number of hydrogen-bond donors (Lipinski definition) is 0. The van der Waals surface area contributed by atoms with Crippen molar-refractivity contribution in [2.45, 2.75) is 6.30 Å². The van der Waals surface area contributed by atoms with E-state index in [9.17, 15) is 13.6 Å². The van der Waals surface area contributed by atoms with Crippen LogP contribution in [0.1, 0.15) is 11.1 Å². The van der Waals surface area contributed by atoms with Crippen molar-refractivity contribution in [3.05, 3.63) is 64.4 Å². The second-order valence-corrected chi connectivity index (χ2v) is 5.32. The lowest BCUT2D eigenvalue weighted by Crippen LogP contribution is -2.32. The number of hydrogen-bond acceptors (Lipinski definition) is 2. The Balaban J connectivity index is 2.28. The standard InChI is InChI=1S/C16H11ClF2N2O/c1-21-13-6-5-10(17)8-12(13)14(20-15(19)16(21)22)9-3-2-4-11(18)7-9/h2-8,15H,1H3. The molecule has 0 saturated heterocycles. The minimum absolute atomic E-state index is 0.196. The second-order valence-electron chi connectivity index (χ2n) is 4.88. The van der Waals surface area contributed by atoms with Crippen LogP contribution in [0.2, 0.25) is 5.02 Å². The van der Waals surface area contributed by atoms with Gasteiger partial charge < -0.3 is 4.90 Å². The number of alkyl halides is 1. The lowest BCUT2D eigenvalue weighted by Gasteiger charge is -2.18. The van der Waals surface area contributed by atoms with E-state index in [0.29, 0.717) is 21.8 Å². The van der Waals surface area contributed by atoms with E-state index in [-0.39, 0.29) is 5.71 Å². The molecule has 0 bridgehead atoms. The van der Waals surface area contributed by atoms with Crippen LogP contribution in [-0.2, 0) is 4.79 Å². The monoisotopic (exact) mass is 320 g/mol. The zero-order valence-corrected chi connectivity index (χ0v) is 12.3. The van der Waals surface area contributed by atoms with Crippen LogP contribution >= 0.6 is 11.6 Å². The van der Waals surface area contributed by atoms with Gasteiger partial charge >= 0.3 is 0 Å². The molecule has 1 aliphatic rings. The number of halogens is 3. The summed E-state index contributed by atoms with van der Waals surface area (Å²) in [5, 5.41) is 0.418. The number of carbonyl (C=O) groups excluding carboxylic acids is 1. The Morgan fingerprint density at radius 2 is 2.00 bits per heavy atom. The van der Waals surface area contributed by atoms with Gasteiger partial charge in [-0.25, -0.2) is 13.8 Å². The topological polar surface area (TPSA) is 32.7 Å². The van der Waals surface area contributed by atoms with Crippen LogP contribution in [0.3, 0.4) is 0 Å². The molecular formula is C16H11ClF2N2O. The van der Waals surface area contributed by atoms with Gasteiger partial charge in [0.25, 0.3) is 12.2 Å². The first kappa shape index (κ1) is 14.7. The molecule has 3 rings (SSSR count). The fraction of sp³-hybridized carbons (Fsp3) is 0.125. The van der Waals surface area contributed by atoms with Gasteiger partial charge in [0.15, 0.2) is 0 Å². The molecule has 1 amide bonds. The van der Waals surface area contributed by atoms with Crippen molar-refractivity contribution in [3.63, 3.8) is 0 Å². The molecule has 0 saturated carbocycles. The quantitative estimate of drug-likeness (QED) is 0.739. The molecule has 112 valence electrons. The Hall–Kier alpha value is -2.27. The van der Waals surface area contributed by atoms with E-state index in [0.717, 1.165) is 0 Å². The van der Waals surface area contributed by atoms with Crippen LogP contribution in [-0.4, -0.2) is 25.0 Å². The number of anilines is 1. The zero-order valence-electron chi connectivity index (χ0n) is 11.6. The van der Waals surface area contributed by atoms with Crippen LogP contribution in [0.25, 0.3) is 0 Å². The molecule has 0 N–H and O–H groups in total. The van der Waals surface area contributed by atoms with Crippen molar-refractivity contribution in [1.82, 2.24) is 0 Å². The average Bonchev–Trinajstić information content (AvgIpc) is 2.58. The molecule has 0 spiro atoms. The van der Waals surface area contributed by atoms with Gasteiger partial charge in [0.2, 0.25) is 0 Å². The zero-order chi connectivity index (χ0) is 15.9. The van der Waals surface area contributed by atoms with Gasteiger partial charge in [0.05, 0.1) is 11.4 Å². The number of benzodiazepines with no additional fused rings is 1. The van der Waals surface area contributed by atoms with Gasteiger partial charge in [-0.2, -0.15) is 0 Å². The Morgan fingerprint density at radius 3 is 2.73 bits per heavy atom. The fourth-order valence-electron chi connectivity index (χ4n) is 2.37. The van der Waals surface area contributed by atoms with Gasteiger partial charge in [0, 0.05) is 23.2 Å². The number of nitrogens with zero attached hydrogens (tertiary/aromatic N) is 2. The first-order chi connectivity index (χ1) is 10.5. The molecule has 0 fully saturated rings. The molecule has 2 aromatic rings. The molecule has 3 nitrogen and oxygen atoms in total. The summed E-state index contributed by atoms with van der Waals surface area (Å²) in [7, 11) is 1.46. The van der Waals surface area contributed by atoms with Crippen LogP contribution in [0, 0.1) is 5.82 Å². The molecule has 0 aliphatic carbocycles. The SMILES string of the molecule is CN1C(=O)C(F)N=C(c2cccc(F)c2)c2cc(Cl)ccc21. The van der Waals surface area contributed by atoms with Crippen molar-refractivity contribution in [3.8, 4) is 0 Å². The summed E-state index contributed by atoms with van der Waals surface area (Å²) in [4.78, 5) is 17.0. The van der Waals surface area contributed by atoms with E-state index in [2.05, 4.69) is 4.99 Å². The highest BCUT2D eigenvalue weighted by Gasteiger charge is 2.29. The number of fused-ring (bicyclic) bond motifs is 1. The van der Waals surface area contributed by atoms with Crippen molar-refractivity contribution >= 4 is 28.9 Å². The summed E-state index contributed by atoms with van der Waals surface area (Å²) in [6, 6.07) is 10.4. The molecule has 0 radical (unpaired) electrons. The fourth-order valence-corrected chi connectivity index (χ4v) is 2.54. The Morgan fingerprint density at radius 1 is 1.23 bits per heavy atom. The maximum Gasteiger partial charge on any atom is 0.284 e. The summed E-state index contributed by atoms with van der Waals surface area (Å²) in [5.74, 6) is -1.25. The molecule has 0 aromatic heterocycles. The first-order valence-electron chi connectivity index (χ1n) is 6.52. The van der Waals surface area contributed by atoms with Crippen molar-refractivity contribution < 1.29 is 13.6 Å². The van der Waals surface area contributed by atoms with Crippen LogP contribution in [0.15, 0.2) is 47.5 Å². The van der Waals surface area contributed by atoms with Gasteiger partial charge in [0.1, 0.15) is 5.82 Å². The largest absolute Gasteiger partial charge is 0.311 e. The summed E-state index contributed by atoms with van der Waals surface area (Å²) in [6.07, 6.45) is -2.05. The normalized spacial score (nSPS) is 17.8. The van der Waals surface area contributed by atoms with Crippen molar-refractivity contribution in [1.29, 1.82) is 0 Å². The van der Waals surface area contributed by atoms with E-state index in [1.54, 1.807) is 24.3 Å². The minimum atomic E-state index is -2.05. The molecule has 2 aromatic carbocycles. The molecule has 22 heavy (non-hydrogen) atoms. The molecular weight excluding hydrogens is 310 g/mol. The molecule has 6 heteroatoms. The van der Waals surface area contributed by atoms with Crippen LogP contribution in [0.5, 0.6) is 0 Å². The van der Waals surface area contributed by atoms with Crippen LogP contribution in [0.4, 0.5) is 14.5 Å². The average molecular weight is 321 g/mol. The third-order valence-electron chi connectivity index (χ3n) is 3.45. The van der Waals surface area contributed by atoms with Gasteiger partial charge in [-0.3, -0.25) is 4.79 Å². The van der Waals surface area contributed by atoms with E-state index in [1.807, 2.05) is 0 Å². The summed E-state index contributed by atoms with van der Waals surface area (Å²) < 4.78 is 27.6. The summed E-state index contributed by atoms with van der Waals surface area (Å²) >= 11 is 6.01. The lowest BCUT2D eigenvalue weighted by molar-refractivity contribution is -0.122. The number of aliphatic imine (C=N–C) groups is 1. The highest BCUT2D eigenvalue weighted by atomic mass is 35.5. The summed E-state index contributed by atoms with van der Waals surface area (Å²) in [6.45, 7) is 0. The van der Waals surface area contributed by atoms with Crippen molar-refractivity contribution in [2.75, 3.05) is 11.9 Å². The molecule has 1 aliphatic heterocycles. The highest BCUT2D eigenvalue weighted by molar-refractivity contribution is 6.32. The molecule has 1 heterocycles. The number of carbonyl (C=O) groups is 1. The number of amides is 1. The van der Waals surface area contributed by atoms with E-state index in [1.165, 1.54) is 30.1 Å². The Labute approximate surface area is 130 Å². The number of likely N-dealkylation sites (N-methyl/N-ethyl adjacent to an activating group) is 1. The van der Waals surface area contributed by atoms with Gasteiger partial charge in [-0.15, -0.1) is 0 Å². The highest BCUT2D eigenvalue weighted by Crippen LogP contribution is 2.30. The third-order valence-corrected chi connectivity index (χ3v) is 3.69. The van der Waals surface area contributed by atoms with E-state index < -0.39 is 18.0 Å². The number of rotatable bonds is 1. The second kappa shape index (κ2) is 5.50. The van der Waals surface area contributed by atoms with E-state index >= 15 is 0 Å². The van der Waals surface area contributed by atoms with Crippen LogP contribution < -0.4 is 4.90 Å². The Bertz CT molecular complexity index is 791. The van der Waals surface area contributed by atoms with Gasteiger partial charge in [-0.1, -0.05) is 23.7 Å². The summed E-state index contributed by atoms with van der Waals surface area (Å²) in [5.41, 5.74) is 1.53. The van der Waals surface area contributed by atoms with Gasteiger partial charge in [-0.05, 0) is 30.3 Å². The maximum absolute atomic E-state index is 14.1.